The number of hydrogen-bond donors (Lipinski definition) is 0. The van der Waals surface area contributed by atoms with E-state index < -0.39 is 18.1 Å². The van der Waals surface area contributed by atoms with E-state index in [1.807, 2.05) is 0 Å². The predicted octanol–water partition coefficient (Wildman–Crippen LogP) is 13.4. The van der Waals surface area contributed by atoms with Crippen LogP contribution in [0.5, 0.6) is 0 Å². The number of likely N-dealkylation sites (N-methyl/N-ethyl adjacent to an activating group) is 1. The minimum atomic E-state index is -1.14. The largest absolute Gasteiger partial charge is 0.544 e. The van der Waals surface area contributed by atoms with Gasteiger partial charge in [-0.1, -0.05) is 173 Å². The van der Waals surface area contributed by atoms with Crippen molar-refractivity contribution >= 4 is 17.9 Å². The third-order valence-electron chi connectivity index (χ3n) is 10.3. The van der Waals surface area contributed by atoms with Gasteiger partial charge in [0.05, 0.1) is 40.3 Å². The van der Waals surface area contributed by atoms with E-state index in [1.165, 1.54) is 12.8 Å². The molecule has 8 heteroatoms. The van der Waals surface area contributed by atoms with Crippen molar-refractivity contribution in [2.75, 3.05) is 41.0 Å². The van der Waals surface area contributed by atoms with E-state index in [2.05, 4.69) is 148 Å². The number of esters is 2. The zero-order valence-corrected chi connectivity index (χ0v) is 42.0. The van der Waals surface area contributed by atoms with E-state index in [1.54, 1.807) is 21.1 Å². The third-order valence-corrected chi connectivity index (χ3v) is 10.3. The van der Waals surface area contributed by atoms with Crippen LogP contribution in [0.3, 0.4) is 0 Å². The summed E-state index contributed by atoms with van der Waals surface area (Å²) < 4.78 is 17.1. The van der Waals surface area contributed by atoms with Crippen LogP contribution in [0.1, 0.15) is 162 Å². The number of carbonyl (C=O) groups is 3. The van der Waals surface area contributed by atoms with Crippen LogP contribution in [0.15, 0.2) is 134 Å². The summed E-state index contributed by atoms with van der Waals surface area (Å²) in [4.78, 5) is 37.0. The molecule has 0 aliphatic rings. The SMILES string of the molecule is CC/C=C/C/C=C/C/C=C/C/C=C/C/C=C/C/C=C/C/C=C/CCCC(=O)OC(COCCC(C(=O)[O-])[N+](C)(C)C)COC(=O)CCCCCCCC/C=C/C/C=C/C/C=C/C/C=C/CC. The molecule has 0 aliphatic heterocycles. The first-order chi connectivity index (χ1) is 32.1. The highest BCUT2D eigenvalue weighted by atomic mass is 16.6. The van der Waals surface area contributed by atoms with Crippen molar-refractivity contribution in [1.29, 1.82) is 0 Å². The fourth-order valence-corrected chi connectivity index (χ4v) is 6.46. The molecule has 0 N–H and O–H groups in total. The summed E-state index contributed by atoms with van der Waals surface area (Å²) in [6, 6.07) is -0.748. The van der Waals surface area contributed by atoms with Crippen molar-refractivity contribution in [3.05, 3.63) is 134 Å². The molecule has 2 atom stereocenters. The number of carboxylic acid groups (broad SMARTS) is 1. The number of ether oxygens (including phenoxy) is 3. The Morgan fingerprint density at radius 2 is 0.818 bits per heavy atom. The Morgan fingerprint density at radius 1 is 0.455 bits per heavy atom. The summed E-state index contributed by atoms with van der Waals surface area (Å²) in [5.74, 6) is -1.85. The molecule has 0 bridgehead atoms. The van der Waals surface area contributed by atoms with Crippen molar-refractivity contribution in [1.82, 2.24) is 0 Å². The van der Waals surface area contributed by atoms with E-state index in [9.17, 15) is 19.5 Å². The van der Waals surface area contributed by atoms with Crippen LogP contribution in [0, 0.1) is 0 Å². The maximum Gasteiger partial charge on any atom is 0.306 e. The zero-order chi connectivity index (χ0) is 48.4. The van der Waals surface area contributed by atoms with Crippen molar-refractivity contribution in [3.63, 3.8) is 0 Å². The molecule has 0 fully saturated rings. The van der Waals surface area contributed by atoms with E-state index >= 15 is 0 Å². The summed E-state index contributed by atoms with van der Waals surface area (Å²) in [7, 11) is 5.37. The van der Waals surface area contributed by atoms with Crippen LogP contribution >= 0.6 is 0 Å². The van der Waals surface area contributed by atoms with Gasteiger partial charge in [-0.25, -0.2) is 0 Å². The average molecular weight is 914 g/mol. The lowest BCUT2D eigenvalue weighted by molar-refractivity contribution is -0.889. The van der Waals surface area contributed by atoms with Crippen LogP contribution in [-0.4, -0.2) is 75.5 Å². The van der Waals surface area contributed by atoms with Crippen LogP contribution in [0.25, 0.3) is 0 Å². The minimum absolute atomic E-state index is 0.00268. The Bertz CT molecular complexity index is 1530. The van der Waals surface area contributed by atoms with E-state index in [-0.39, 0.29) is 49.1 Å². The molecule has 0 heterocycles. The number of rotatable bonds is 43. The maximum atomic E-state index is 12.8. The summed E-state index contributed by atoms with van der Waals surface area (Å²) in [6.07, 6.45) is 67.7. The van der Waals surface area contributed by atoms with Gasteiger partial charge in [-0.3, -0.25) is 9.59 Å². The molecule has 0 spiro atoms. The van der Waals surface area contributed by atoms with Gasteiger partial charge in [-0.05, 0) is 103 Å². The first-order valence-corrected chi connectivity index (χ1v) is 25.2. The van der Waals surface area contributed by atoms with Crippen LogP contribution in [0.4, 0.5) is 0 Å². The molecule has 8 nitrogen and oxygen atoms in total. The Labute approximate surface area is 403 Å². The third kappa shape index (κ3) is 44.7. The lowest BCUT2D eigenvalue weighted by atomic mass is 10.1. The summed E-state index contributed by atoms with van der Waals surface area (Å²) in [5, 5.41) is 11.7. The van der Waals surface area contributed by atoms with Gasteiger partial charge in [-0.15, -0.1) is 0 Å². The van der Waals surface area contributed by atoms with Crippen molar-refractivity contribution < 1.29 is 38.2 Å². The number of carbonyl (C=O) groups excluding carboxylic acids is 3. The molecule has 0 aromatic rings. The first-order valence-electron chi connectivity index (χ1n) is 25.2. The second kappa shape index (κ2) is 47.0. The maximum absolute atomic E-state index is 12.8. The standard InChI is InChI=1S/C58H91NO7/c1-6-8-10-12-14-16-18-20-22-24-26-27-28-29-31-33-35-37-39-41-43-45-47-49-57(61)66-54(52-64-51-50-55(58(62)63)59(3,4)5)53-65-56(60)48-46-44-42-40-38-36-34-32-30-25-23-21-19-17-15-13-11-9-7-2/h8-11,14-17,20-23,26-27,29-32,35,37,41,43,54-55H,6-7,12-13,18-19,24-25,28,33-34,36,38-40,42,44-53H2,1-5H3/b10-8+,11-9+,16-14+,17-15+,22-20+,23-21+,27-26+,31-29+,32-30+,37-35+,43-41+. The number of hydrogen-bond acceptors (Lipinski definition) is 7. The molecule has 0 saturated heterocycles. The fraction of sp³-hybridized carbons (Fsp3) is 0.569. The number of aliphatic carboxylic acids is 1. The highest BCUT2D eigenvalue weighted by Gasteiger charge is 2.25. The highest BCUT2D eigenvalue weighted by molar-refractivity contribution is 5.70. The molecule has 0 saturated carbocycles. The molecule has 0 aromatic heterocycles. The minimum Gasteiger partial charge on any atom is -0.544 e. The Balaban J connectivity index is 4.44. The van der Waals surface area contributed by atoms with Crippen molar-refractivity contribution in [2.24, 2.45) is 0 Å². The van der Waals surface area contributed by atoms with Gasteiger partial charge < -0.3 is 28.6 Å². The lowest BCUT2D eigenvalue weighted by Gasteiger charge is -2.34. The van der Waals surface area contributed by atoms with Crippen LogP contribution in [0.2, 0.25) is 0 Å². The predicted molar refractivity (Wildman–Crippen MR) is 277 cm³/mol. The molecule has 66 heavy (non-hydrogen) atoms. The summed E-state index contributed by atoms with van der Waals surface area (Å²) in [5.41, 5.74) is 0. The molecule has 0 amide bonds. The van der Waals surface area contributed by atoms with E-state index in [4.69, 9.17) is 14.2 Å². The summed E-state index contributed by atoms with van der Waals surface area (Å²) in [6.45, 7) is 4.34. The fourth-order valence-electron chi connectivity index (χ4n) is 6.46. The zero-order valence-electron chi connectivity index (χ0n) is 42.0. The molecule has 370 valence electrons. The first kappa shape index (κ1) is 61.5. The summed E-state index contributed by atoms with van der Waals surface area (Å²) >= 11 is 0. The normalized spacial score (nSPS) is 14.0. The van der Waals surface area contributed by atoms with Gasteiger partial charge in [0.25, 0.3) is 0 Å². The second-order valence-electron chi connectivity index (χ2n) is 17.3. The van der Waals surface area contributed by atoms with Crippen molar-refractivity contribution in [2.45, 2.75) is 174 Å². The van der Waals surface area contributed by atoms with Crippen LogP contribution < -0.4 is 5.11 Å². The molecule has 0 aromatic carbocycles. The number of quaternary nitrogens is 1. The number of nitrogens with zero attached hydrogens (tertiary/aromatic N) is 1. The quantitative estimate of drug-likeness (QED) is 0.0260. The molecule has 0 aliphatic carbocycles. The van der Waals surface area contributed by atoms with Crippen molar-refractivity contribution in [3.8, 4) is 0 Å². The van der Waals surface area contributed by atoms with E-state index in [0.29, 0.717) is 12.8 Å². The van der Waals surface area contributed by atoms with Gasteiger partial charge >= 0.3 is 11.9 Å². The Hall–Kier alpha value is -4.53. The van der Waals surface area contributed by atoms with Gasteiger partial charge in [-0.2, -0.15) is 0 Å². The number of carboxylic acids is 1. The highest BCUT2D eigenvalue weighted by Crippen LogP contribution is 2.12. The van der Waals surface area contributed by atoms with Gasteiger partial charge in [0.1, 0.15) is 12.6 Å². The number of allylic oxidation sites excluding steroid dienone is 22. The monoisotopic (exact) mass is 914 g/mol. The van der Waals surface area contributed by atoms with E-state index in [0.717, 1.165) is 109 Å². The number of unbranched alkanes of at least 4 members (excludes halogenated alkanes) is 7. The Morgan fingerprint density at radius 3 is 1.23 bits per heavy atom. The van der Waals surface area contributed by atoms with Gasteiger partial charge in [0.15, 0.2) is 6.10 Å². The molecule has 0 radical (unpaired) electrons. The van der Waals surface area contributed by atoms with Gasteiger partial charge in [0.2, 0.25) is 0 Å². The molecule has 2 unspecified atom stereocenters. The van der Waals surface area contributed by atoms with Gasteiger partial charge in [0, 0.05) is 19.3 Å². The Kier molecular flexibility index (Phi) is 43.8. The second-order valence-corrected chi connectivity index (χ2v) is 17.3. The average Bonchev–Trinajstić information content (AvgIpc) is 3.28. The topological polar surface area (TPSA) is 102 Å². The molecular weight excluding hydrogens is 823 g/mol. The van der Waals surface area contributed by atoms with Crippen LogP contribution in [-0.2, 0) is 28.6 Å². The molecular formula is C58H91NO7. The molecule has 0 rings (SSSR count). The lowest BCUT2D eigenvalue weighted by Crippen LogP contribution is -2.55. The smallest absolute Gasteiger partial charge is 0.306 e.